The van der Waals surface area contributed by atoms with Crippen LogP contribution in [0, 0.1) is 17.5 Å². The minimum absolute atomic E-state index is 0.0798. The highest BCUT2D eigenvalue weighted by molar-refractivity contribution is 5.76. The Morgan fingerprint density at radius 3 is 2.24 bits per heavy atom. The minimum atomic E-state index is -1.01. The molecule has 0 saturated heterocycles. The van der Waals surface area contributed by atoms with Crippen LogP contribution in [-0.2, 0) is 4.79 Å². The fourth-order valence-corrected chi connectivity index (χ4v) is 1.23. The van der Waals surface area contributed by atoms with Crippen LogP contribution in [0.5, 0.6) is 0 Å². The summed E-state index contributed by atoms with van der Waals surface area (Å²) in [5, 5.41) is 2.43. The summed E-state index contributed by atoms with van der Waals surface area (Å²) in [7, 11) is 3.17. The first-order valence-corrected chi connectivity index (χ1v) is 5.00. The third-order valence-corrected chi connectivity index (χ3v) is 2.15. The zero-order chi connectivity index (χ0) is 13.0. The van der Waals surface area contributed by atoms with Gasteiger partial charge < -0.3 is 10.2 Å². The molecule has 0 radical (unpaired) electrons. The molecule has 0 aromatic heterocycles. The molecule has 1 amide bonds. The maximum Gasteiger partial charge on any atom is 0.223 e. The Hall–Kier alpha value is -1.72. The van der Waals surface area contributed by atoms with Crippen molar-refractivity contribution in [2.45, 2.75) is 6.42 Å². The van der Waals surface area contributed by atoms with Gasteiger partial charge in [0, 0.05) is 39.2 Å². The summed E-state index contributed by atoms with van der Waals surface area (Å²) in [5.41, 5.74) is -0.419. The van der Waals surface area contributed by atoms with Gasteiger partial charge in [0.25, 0.3) is 0 Å². The van der Waals surface area contributed by atoms with E-state index in [0.29, 0.717) is 12.1 Å². The summed E-state index contributed by atoms with van der Waals surface area (Å²) < 4.78 is 38.9. The Kier molecular flexibility index (Phi) is 4.37. The zero-order valence-electron chi connectivity index (χ0n) is 9.56. The standard InChI is InChI=1S/C11H13F3N2O/c1-16(2)10(17)3-4-15-11-8(13)5-7(12)6-9(11)14/h5-6,15H,3-4H2,1-2H3. The number of rotatable bonds is 4. The van der Waals surface area contributed by atoms with E-state index >= 15 is 0 Å². The van der Waals surface area contributed by atoms with E-state index in [-0.39, 0.29) is 18.9 Å². The average molecular weight is 246 g/mol. The van der Waals surface area contributed by atoms with Crippen LogP contribution in [0.15, 0.2) is 12.1 Å². The molecule has 1 aromatic carbocycles. The molecule has 6 heteroatoms. The highest BCUT2D eigenvalue weighted by atomic mass is 19.1. The van der Waals surface area contributed by atoms with E-state index in [1.165, 1.54) is 4.90 Å². The van der Waals surface area contributed by atoms with E-state index in [0.717, 1.165) is 0 Å². The topological polar surface area (TPSA) is 32.3 Å². The second-order valence-electron chi connectivity index (χ2n) is 3.71. The van der Waals surface area contributed by atoms with Crippen LogP contribution < -0.4 is 5.32 Å². The second kappa shape index (κ2) is 5.56. The molecule has 17 heavy (non-hydrogen) atoms. The Morgan fingerprint density at radius 2 is 1.76 bits per heavy atom. The maximum atomic E-state index is 13.2. The Morgan fingerprint density at radius 1 is 1.24 bits per heavy atom. The number of benzene rings is 1. The van der Waals surface area contributed by atoms with Crippen LogP contribution in [0.3, 0.4) is 0 Å². The fraction of sp³-hybridized carbons (Fsp3) is 0.364. The van der Waals surface area contributed by atoms with Crippen molar-refractivity contribution < 1.29 is 18.0 Å². The minimum Gasteiger partial charge on any atom is -0.380 e. The van der Waals surface area contributed by atoms with Crippen LogP contribution in [-0.4, -0.2) is 31.4 Å². The zero-order valence-corrected chi connectivity index (χ0v) is 9.56. The van der Waals surface area contributed by atoms with Gasteiger partial charge in [0.05, 0.1) is 0 Å². The van der Waals surface area contributed by atoms with Crippen molar-refractivity contribution in [3.63, 3.8) is 0 Å². The first kappa shape index (κ1) is 13.3. The third-order valence-electron chi connectivity index (χ3n) is 2.15. The number of hydrogen-bond acceptors (Lipinski definition) is 2. The molecule has 0 saturated carbocycles. The summed E-state index contributed by atoms with van der Waals surface area (Å²) in [4.78, 5) is 12.6. The van der Waals surface area contributed by atoms with Crippen molar-refractivity contribution in [3.05, 3.63) is 29.6 Å². The van der Waals surface area contributed by atoms with Crippen LogP contribution in [0.1, 0.15) is 6.42 Å². The van der Waals surface area contributed by atoms with Gasteiger partial charge in [0.1, 0.15) is 11.5 Å². The van der Waals surface area contributed by atoms with E-state index in [9.17, 15) is 18.0 Å². The number of halogens is 3. The van der Waals surface area contributed by atoms with Gasteiger partial charge in [-0.1, -0.05) is 0 Å². The molecule has 94 valence electrons. The summed E-state index contributed by atoms with van der Waals surface area (Å²) in [6.07, 6.45) is 0.100. The maximum absolute atomic E-state index is 13.2. The predicted molar refractivity (Wildman–Crippen MR) is 58.1 cm³/mol. The van der Waals surface area contributed by atoms with Gasteiger partial charge in [0.2, 0.25) is 5.91 Å². The summed E-state index contributed by atoms with van der Waals surface area (Å²) in [6, 6.07) is 1.17. The molecule has 0 aliphatic heterocycles. The van der Waals surface area contributed by atoms with E-state index < -0.39 is 23.1 Å². The molecule has 1 N–H and O–H groups in total. The Balaban J connectivity index is 2.61. The van der Waals surface area contributed by atoms with Crippen molar-refractivity contribution in [1.82, 2.24) is 4.90 Å². The largest absolute Gasteiger partial charge is 0.380 e. The van der Waals surface area contributed by atoms with Gasteiger partial charge >= 0.3 is 0 Å². The van der Waals surface area contributed by atoms with Crippen LogP contribution in [0.4, 0.5) is 18.9 Å². The number of nitrogens with zero attached hydrogens (tertiary/aromatic N) is 1. The van der Waals surface area contributed by atoms with Gasteiger partial charge in [-0.2, -0.15) is 0 Å². The van der Waals surface area contributed by atoms with Crippen LogP contribution >= 0.6 is 0 Å². The van der Waals surface area contributed by atoms with Gasteiger partial charge in [-0.25, -0.2) is 13.2 Å². The lowest BCUT2D eigenvalue weighted by Crippen LogP contribution is -2.24. The SMILES string of the molecule is CN(C)C(=O)CCNc1c(F)cc(F)cc1F. The monoisotopic (exact) mass is 246 g/mol. The third kappa shape index (κ3) is 3.65. The van der Waals surface area contributed by atoms with Crippen molar-refractivity contribution in [3.8, 4) is 0 Å². The number of hydrogen-bond donors (Lipinski definition) is 1. The van der Waals surface area contributed by atoms with E-state index in [1.807, 2.05) is 0 Å². The molecule has 0 aliphatic carbocycles. The molecule has 0 atom stereocenters. The van der Waals surface area contributed by atoms with E-state index in [4.69, 9.17) is 0 Å². The molecule has 0 aliphatic rings. The van der Waals surface area contributed by atoms with Crippen molar-refractivity contribution in [2.75, 3.05) is 26.0 Å². The summed E-state index contributed by atoms with van der Waals surface area (Å²) in [6.45, 7) is 0.0798. The van der Waals surface area contributed by atoms with Crippen molar-refractivity contribution >= 4 is 11.6 Å². The molecular formula is C11H13F3N2O. The second-order valence-corrected chi connectivity index (χ2v) is 3.71. The molecule has 0 unspecified atom stereocenters. The Bertz CT molecular complexity index is 398. The van der Waals surface area contributed by atoms with Crippen LogP contribution in [0.2, 0.25) is 0 Å². The molecule has 0 bridgehead atoms. The van der Waals surface area contributed by atoms with E-state index in [1.54, 1.807) is 14.1 Å². The number of anilines is 1. The van der Waals surface area contributed by atoms with Gasteiger partial charge in [-0.3, -0.25) is 4.79 Å². The smallest absolute Gasteiger partial charge is 0.223 e. The van der Waals surface area contributed by atoms with Crippen molar-refractivity contribution in [2.24, 2.45) is 0 Å². The predicted octanol–water partition coefficient (Wildman–Crippen LogP) is 1.99. The van der Waals surface area contributed by atoms with Crippen molar-refractivity contribution in [1.29, 1.82) is 0 Å². The lowest BCUT2D eigenvalue weighted by molar-refractivity contribution is -0.128. The molecule has 3 nitrogen and oxygen atoms in total. The molecule has 0 fully saturated rings. The number of carbonyl (C=O) groups excluding carboxylic acids is 1. The van der Waals surface area contributed by atoms with Gasteiger partial charge in [0.15, 0.2) is 11.6 Å². The molecule has 0 spiro atoms. The molecule has 0 heterocycles. The van der Waals surface area contributed by atoms with E-state index in [2.05, 4.69) is 5.32 Å². The average Bonchev–Trinajstić information content (AvgIpc) is 2.21. The Labute approximate surface area is 97.2 Å². The highest BCUT2D eigenvalue weighted by Crippen LogP contribution is 2.19. The highest BCUT2D eigenvalue weighted by Gasteiger charge is 2.11. The fourth-order valence-electron chi connectivity index (χ4n) is 1.23. The normalized spacial score (nSPS) is 10.2. The number of amides is 1. The first-order chi connectivity index (χ1) is 7.91. The molecule has 1 rings (SSSR count). The molecule has 1 aromatic rings. The lowest BCUT2D eigenvalue weighted by atomic mass is 10.2. The molecular weight excluding hydrogens is 233 g/mol. The quantitative estimate of drug-likeness (QED) is 0.881. The summed E-state index contributed by atoms with van der Waals surface area (Å²) >= 11 is 0. The van der Waals surface area contributed by atoms with Gasteiger partial charge in [-0.15, -0.1) is 0 Å². The lowest BCUT2D eigenvalue weighted by Gasteiger charge is -2.12. The van der Waals surface area contributed by atoms with Crippen LogP contribution in [0.25, 0.3) is 0 Å². The number of nitrogens with one attached hydrogen (secondary N) is 1. The summed E-state index contributed by atoms with van der Waals surface area (Å²) in [5.74, 6) is -3.17. The first-order valence-electron chi connectivity index (χ1n) is 5.00. The number of carbonyl (C=O) groups is 1. The van der Waals surface area contributed by atoms with Gasteiger partial charge in [-0.05, 0) is 0 Å².